The van der Waals surface area contributed by atoms with Gasteiger partial charge in [-0.3, -0.25) is 9.59 Å². The Labute approximate surface area is 130 Å². The molecule has 0 radical (unpaired) electrons. The van der Waals surface area contributed by atoms with Crippen LogP contribution in [0.2, 0.25) is 5.02 Å². The van der Waals surface area contributed by atoms with Gasteiger partial charge in [0.05, 0.1) is 10.7 Å². The summed E-state index contributed by atoms with van der Waals surface area (Å²) in [5.41, 5.74) is -0.332. The average molecular weight is 309 g/mol. The van der Waals surface area contributed by atoms with Crippen molar-refractivity contribution in [2.24, 2.45) is 5.41 Å². The molecule has 0 heterocycles. The number of amides is 2. The van der Waals surface area contributed by atoms with E-state index in [9.17, 15) is 9.59 Å². The molecule has 4 nitrogen and oxygen atoms in total. The van der Waals surface area contributed by atoms with Gasteiger partial charge in [0.1, 0.15) is 5.41 Å². The van der Waals surface area contributed by atoms with Crippen LogP contribution >= 0.6 is 11.6 Å². The number of carbonyl (C=O) groups is 2. The maximum atomic E-state index is 12.5. The van der Waals surface area contributed by atoms with Crippen LogP contribution in [0.1, 0.15) is 32.6 Å². The second kappa shape index (κ2) is 6.48. The van der Waals surface area contributed by atoms with Gasteiger partial charge < -0.3 is 10.2 Å². The lowest BCUT2D eigenvalue weighted by Gasteiger charge is -2.23. The number of nitrogens with zero attached hydrogens (tertiary/aromatic N) is 1. The minimum absolute atomic E-state index is 0.0829. The summed E-state index contributed by atoms with van der Waals surface area (Å²) < 4.78 is 0. The number of para-hydroxylation sites is 1. The molecule has 0 unspecified atom stereocenters. The van der Waals surface area contributed by atoms with Crippen molar-refractivity contribution in [2.45, 2.75) is 32.6 Å². The first-order chi connectivity index (χ1) is 10.0. The molecule has 1 saturated carbocycles. The molecular weight excluding hydrogens is 288 g/mol. The van der Waals surface area contributed by atoms with Crippen molar-refractivity contribution in [2.75, 3.05) is 18.9 Å². The van der Waals surface area contributed by atoms with Crippen molar-refractivity contribution < 1.29 is 9.59 Å². The van der Waals surface area contributed by atoms with Crippen LogP contribution in [0.15, 0.2) is 24.3 Å². The quantitative estimate of drug-likeness (QED) is 0.820. The zero-order chi connectivity index (χ0) is 15.5. The van der Waals surface area contributed by atoms with Crippen molar-refractivity contribution in [1.82, 2.24) is 4.90 Å². The number of hydrogen-bond acceptors (Lipinski definition) is 2. The summed E-state index contributed by atoms with van der Waals surface area (Å²) in [6.45, 7) is 2.77. The molecule has 1 N–H and O–H groups in total. The molecule has 0 aliphatic heterocycles. The monoisotopic (exact) mass is 308 g/mol. The first-order valence-electron chi connectivity index (χ1n) is 7.33. The lowest BCUT2D eigenvalue weighted by molar-refractivity contribution is -0.141. The smallest absolute Gasteiger partial charge is 0.240 e. The van der Waals surface area contributed by atoms with Crippen LogP contribution in [-0.2, 0) is 9.59 Å². The molecule has 1 aromatic rings. The maximum Gasteiger partial charge on any atom is 0.240 e. The zero-order valence-corrected chi connectivity index (χ0v) is 13.2. The van der Waals surface area contributed by atoms with Gasteiger partial charge in [0, 0.05) is 13.6 Å². The molecule has 21 heavy (non-hydrogen) atoms. The Morgan fingerprint density at radius 2 is 2.00 bits per heavy atom. The van der Waals surface area contributed by atoms with Crippen molar-refractivity contribution >= 4 is 29.1 Å². The highest BCUT2D eigenvalue weighted by Crippen LogP contribution is 2.48. The Balaban J connectivity index is 2.04. The van der Waals surface area contributed by atoms with Gasteiger partial charge in [-0.1, -0.05) is 37.1 Å². The van der Waals surface area contributed by atoms with Crippen LogP contribution in [0.3, 0.4) is 0 Å². The fourth-order valence-electron chi connectivity index (χ4n) is 2.33. The standard InChI is InChI=1S/C16H21ClN2O2/c1-3-4-11-19(2)15(21)16(9-10-16)14(20)18-13-8-6-5-7-12(13)17/h5-8H,3-4,9-11H2,1-2H3,(H,18,20). The zero-order valence-electron chi connectivity index (χ0n) is 12.5. The van der Waals surface area contributed by atoms with Gasteiger partial charge in [0.25, 0.3) is 0 Å². The number of unbranched alkanes of at least 4 members (excludes halogenated alkanes) is 1. The first-order valence-corrected chi connectivity index (χ1v) is 7.70. The number of carbonyl (C=O) groups excluding carboxylic acids is 2. The molecule has 0 atom stereocenters. The Kier molecular flexibility index (Phi) is 4.88. The molecule has 0 spiro atoms. The van der Waals surface area contributed by atoms with E-state index in [0.717, 1.165) is 12.8 Å². The van der Waals surface area contributed by atoms with E-state index in [0.29, 0.717) is 30.1 Å². The minimum Gasteiger partial charge on any atom is -0.345 e. The van der Waals surface area contributed by atoms with Crippen molar-refractivity contribution in [1.29, 1.82) is 0 Å². The van der Waals surface area contributed by atoms with Gasteiger partial charge in [-0.2, -0.15) is 0 Å². The normalized spacial score (nSPS) is 15.4. The highest BCUT2D eigenvalue weighted by Gasteiger charge is 2.57. The van der Waals surface area contributed by atoms with Crippen LogP contribution < -0.4 is 5.32 Å². The molecule has 2 rings (SSSR count). The molecular formula is C16H21ClN2O2. The Morgan fingerprint density at radius 3 is 2.57 bits per heavy atom. The molecule has 1 fully saturated rings. The first kappa shape index (κ1) is 15.8. The summed E-state index contributed by atoms with van der Waals surface area (Å²) in [5, 5.41) is 3.27. The van der Waals surface area contributed by atoms with E-state index in [1.54, 1.807) is 36.2 Å². The van der Waals surface area contributed by atoms with Crippen LogP contribution in [0.25, 0.3) is 0 Å². The lowest BCUT2D eigenvalue weighted by atomic mass is 10.0. The fourth-order valence-corrected chi connectivity index (χ4v) is 2.51. The third-order valence-electron chi connectivity index (χ3n) is 3.91. The summed E-state index contributed by atoms with van der Waals surface area (Å²) in [4.78, 5) is 26.6. The molecule has 1 aromatic carbocycles. The molecule has 0 bridgehead atoms. The predicted octanol–water partition coefficient (Wildman–Crippen LogP) is 3.32. The molecule has 5 heteroatoms. The summed E-state index contributed by atoms with van der Waals surface area (Å²) in [6, 6.07) is 7.05. The third kappa shape index (κ3) is 3.38. The van der Waals surface area contributed by atoms with Gasteiger partial charge in [0.2, 0.25) is 11.8 Å². The Morgan fingerprint density at radius 1 is 1.33 bits per heavy atom. The number of nitrogens with one attached hydrogen (secondary N) is 1. The van der Waals surface area contributed by atoms with Crippen molar-refractivity contribution in [3.8, 4) is 0 Å². The minimum atomic E-state index is -0.887. The van der Waals surface area contributed by atoms with E-state index in [2.05, 4.69) is 12.2 Å². The van der Waals surface area contributed by atoms with Crippen molar-refractivity contribution in [3.63, 3.8) is 0 Å². The second-order valence-corrected chi connectivity index (χ2v) is 6.00. The van der Waals surface area contributed by atoms with E-state index in [4.69, 9.17) is 11.6 Å². The van der Waals surface area contributed by atoms with E-state index in [-0.39, 0.29) is 11.8 Å². The molecule has 1 aliphatic rings. The average Bonchev–Trinajstić information content (AvgIpc) is 3.28. The maximum absolute atomic E-state index is 12.5. The largest absolute Gasteiger partial charge is 0.345 e. The van der Waals surface area contributed by atoms with E-state index in [1.165, 1.54) is 0 Å². The highest BCUT2D eigenvalue weighted by atomic mass is 35.5. The summed E-state index contributed by atoms with van der Waals surface area (Å²) in [6.07, 6.45) is 3.19. The topological polar surface area (TPSA) is 49.4 Å². The molecule has 114 valence electrons. The highest BCUT2D eigenvalue weighted by molar-refractivity contribution is 6.34. The number of rotatable bonds is 6. The number of hydrogen-bond donors (Lipinski definition) is 1. The summed E-state index contributed by atoms with van der Waals surface area (Å²) in [7, 11) is 1.76. The Hall–Kier alpha value is -1.55. The number of anilines is 1. The molecule has 0 aromatic heterocycles. The summed E-state index contributed by atoms with van der Waals surface area (Å²) in [5.74, 6) is -0.329. The lowest BCUT2D eigenvalue weighted by Crippen LogP contribution is -2.41. The van der Waals surface area contributed by atoms with Crippen LogP contribution in [-0.4, -0.2) is 30.3 Å². The third-order valence-corrected chi connectivity index (χ3v) is 4.24. The molecule has 0 saturated heterocycles. The van der Waals surface area contributed by atoms with Crippen molar-refractivity contribution in [3.05, 3.63) is 29.3 Å². The van der Waals surface area contributed by atoms with Crippen LogP contribution in [0.4, 0.5) is 5.69 Å². The van der Waals surface area contributed by atoms with Crippen LogP contribution in [0.5, 0.6) is 0 Å². The van der Waals surface area contributed by atoms with Gasteiger partial charge in [0.15, 0.2) is 0 Å². The second-order valence-electron chi connectivity index (χ2n) is 5.60. The van der Waals surface area contributed by atoms with Gasteiger partial charge in [-0.25, -0.2) is 0 Å². The summed E-state index contributed by atoms with van der Waals surface area (Å²) >= 11 is 6.04. The van der Waals surface area contributed by atoms with Gasteiger partial charge >= 0.3 is 0 Å². The fraction of sp³-hybridized carbons (Fsp3) is 0.500. The van der Waals surface area contributed by atoms with Crippen LogP contribution in [0, 0.1) is 5.41 Å². The van der Waals surface area contributed by atoms with E-state index in [1.807, 2.05) is 0 Å². The van der Waals surface area contributed by atoms with E-state index < -0.39 is 5.41 Å². The van der Waals surface area contributed by atoms with E-state index >= 15 is 0 Å². The number of benzene rings is 1. The molecule has 1 aliphatic carbocycles. The molecule has 2 amide bonds. The van der Waals surface area contributed by atoms with Gasteiger partial charge in [-0.15, -0.1) is 0 Å². The van der Waals surface area contributed by atoms with Gasteiger partial charge in [-0.05, 0) is 31.4 Å². The number of halogens is 1. The Bertz CT molecular complexity index is 541. The predicted molar refractivity (Wildman–Crippen MR) is 84.3 cm³/mol. The SMILES string of the molecule is CCCCN(C)C(=O)C1(C(=O)Nc2ccccc2Cl)CC1.